The van der Waals surface area contributed by atoms with E-state index in [2.05, 4.69) is 27.3 Å². The summed E-state index contributed by atoms with van der Waals surface area (Å²) >= 11 is 0. The molecule has 2 aromatic heterocycles. The van der Waals surface area contributed by atoms with E-state index in [0.717, 1.165) is 25.9 Å². The Hall–Kier alpha value is -1.89. The van der Waals surface area contributed by atoms with Crippen LogP contribution in [0.4, 0.5) is 5.95 Å². The number of hydrogen-bond donors (Lipinski definition) is 2. The molecule has 21 heavy (non-hydrogen) atoms. The van der Waals surface area contributed by atoms with Gasteiger partial charge in [0.1, 0.15) is 5.39 Å². The number of anilines is 1. The van der Waals surface area contributed by atoms with Gasteiger partial charge in [-0.2, -0.15) is 10.1 Å². The van der Waals surface area contributed by atoms with Crippen molar-refractivity contribution in [1.82, 2.24) is 19.7 Å². The van der Waals surface area contributed by atoms with Crippen molar-refractivity contribution in [3.05, 3.63) is 16.6 Å². The van der Waals surface area contributed by atoms with Gasteiger partial charge in [0.15, 0.2) is 5.65 Å². The third-order valence-electron chi connectivity index (χ3n) is 4.03. The molecule has 0 radical (unpaired) electrons. The third kappa shape index (κ3) is 2.78. The summed E-state index contributed by atoms with van der Waals surface area (Å²) in [6.07, 6.45) is 5.99. The predicted molar refractivity (Wildman–Crippen MR) is 80.4 cm³/mol. The molecule has 2 N–H and O–H groups in total. The van der Waals surface area contributed by atoms with Gasteiger partial charge in [-0.1, -0.05) is 6.92 Å². The van der Waals surface area contributed by atoms with Gasteiger partial charge in [0, 0.05) is 13.7 Å². The van der Waals surface area contributed by atoms with Gasteiger partial charge in [-0.15, -0.1) is 0 Å². The normalized spacial score (nSPS) is 20.6. The predicted octanol–water partition coefficient (Wildman–Crippen LogP) is 1.42. The summed E-state index contributed by atoms with van der Waals surface area (Å²) in [5.41, 5.74) is 0.413. The van der Waals surface area contributed by atoms with E-state index in [1.165, 1.54) is 12.6 Å². The van der Waals surface area contributed by atoms with E-state index in [0.29, 0.717) is 17.0 Å². The number of aromatic nitrogens is 4. The lowest BCUT2D eigenvalue weighted by atomic mass is 10.0. The van der Waals surface area contributed by atoms with Crippen molar-refractivity contribution in [2.24, 2.45) is 7.05 Å². The quantitative estimate of drug-likeness (QED) is 0.890. The van der Waals surface area contributed by atoms with Crippen LogP contribution in [0.5, 0.6) is 0 Å². The molecule has 1 aliphatic heterocycles. The van der Waals surface area contributed by atoms with E-state index >= 15 is 0 Å². The monoisotopic (exact) mass is 291 g/mol. The van der Waals surface area contributed by atoms with Crippen LogP contribution in [0.1, 0.15) is 32.6 Å². The lowest BCUT2D eigenvalue weighted by molar-refractivity contribution is 0.00388. The van der Waals surface area contributed by atoms with Crippen LogP contribution < -0.4 is 10.9 Å². The summed E-state index contributed by atoms with van der Waals surface area (Å²) in [5.74, 6) is 0.483. The van der Waals surface area contributed by atoms with Gasteiger partial charge < -0.3 is 10.1 Å². The fourth-order valence-corrected chi connectivity index (χ4v) is 2.82. The highest BCUT2D eigenvalue weighted by molar-refractivity contribution is 5.74. The first kappa shape index (κ1) is 14.1. The molecular formula is C14H21N5O2. The summed E-state index contributed by atoms with van der Waals surface area (Å²) < 4.78 is 7.43. The molecule has 0 aliphatic carbocycles. The van der Waals surface area contributed by atoms with Crippen molar-refractivity contribution in [2.45, 2.75) is 44.8 Å². The summed E-state index contributed by atoms with van der Waals surface area (Å²) in [4.78, 5) is 19.3. The maximum Gasteiger partial charge on any atom is 0.263 e. The summed E-state index contributed by atoms with van der Waals surface area (Å²) in [5, 5.41) is 7.89. The van der Waals surface area contributed by atoms with Gasteiger partial charge >= 0.3 is 0 Å². The highest BCUT2D eigenvalue weighted by Crippen LogP contribution is 2.20. The highest BCUT2D eigenvalue weighted by Gasteiger charge is 2.24. The first-order valence-electron chi connectivity index (χ1n) is 7.49. The minimum absolute atomic E-state index is 0.152. The molecule has 3 heterocycles. The Morgan fingerprint density at radius 2 is 2.43 bits per heavy atom. The number of ether oxygens (including phenoxy) is 1. The van der Waals surface area contributed by atoms with E-state index in [4.69, 9.17) is 4.74 Å². The molecule has 3 rings (SSSR count). The van der Waals surface area contributed by atoms with Gasteiger partial charge in [0.05, 0.1) is 18.3 Å². The Kier molecular flexibility index (Phi) is 3.92. The van der Waals surface area contributed by atoms with Crippen molar-refractivity contribution >= 4 is 17.0 Å². The maximum atomic E-state index is 12.0. The molecule has 7 nitrogen and oxygen atoms in total. The Bertz CT molecular complexity index is 672. The second-order valence-corrected chi connectivity index (χ2v) is 5.48. The Balaban J connectivity index is 1.85. The van der Waals surface area contributed by atoms with Crippen molar-refractivity contribution < 1.29 is 4.74 Å². The minimum Gasteiger partial charge on any atom is -0.376 e. The van der Waals surface area contributed by atoms with E-state index in [1.54, 1.807) is 11.7 Å². The van der Waals surface area contributed by atoms with E-state index in [-0.39, 0.29) is 17.7 Å². The van der Waals surface area contributed by atoms with E-state index in [9.17, 15) is 4.79 Å². The molecule has 0 bridgehead atoms. The van der Waals surface area contributed by atoms with Crippen molar-refractivity contribution in [3.63, 3.8) is 0 Å². The van der Waals surface area contributed by atoms with Crippen LogP contribution in [0, 0.1) is 0 Å². The van der Waals surface area contributed by atoms with E-state index in [1.807, 2.05) is 0 Å². The average molecular weight is 291 g/mol. The molecule has 0 spiro atoms. The molecule has 1 aliphatic rings. The summed E-state index contributed by atoms with van der Waals surface area (Å²) in [6, 6.07) is 0.152. The molecular weight excluding hydrogens is 270 g/mol. The Labute approximate surface area is 122 Å². The van der Waals surface area contributed by atoms with E-state index < -0.39 is 0 Å². The van der Waals surface area contributed by atoms with Crippen molar-refractivity contribution in [3.8, 4) is 0 Å². The fraction of sp³-hybridized carbons (Fsp3) is 0.643. The Morgan fingerprint density at radius 3 is 3.14 bits per heavy atom. The van der Waals surface area contributed by atoms with Gasteiger partial charge in [0.2, 0.25) is 5.95 Å². The summed E-state index contributed by atoms with van der Waals surface area (Å²) in [7, 11) is 1.78. The van der Waals surface area contributed by atoms with Gasteiger partial charge in [-0.3, -0.25) is 14.5 Å². The SMILES string of the molecule is CCC(Nc1nc2c(cnn2C)c(=O)[nH]1)C1CCCCO1. The molecule has 2 atom stereocenters. The second kappa shape index (κ2) is 5.85. The second-order valence-electron chi connectivity index (χ2n) is 5.48. The molecule has 2 unspecified atom stereocenters. The number of rotatable bonds is 4. The number of nitrogens with zero attached hydrogens (tertiary/aromatic N) is 3. The zero-order chi connectivity index (χ0) is 14.8. The van der Waals surface area contributed by atoms with Crippen molar-refractivity contribution in [1.29, 1.82) is 0 Å². The van der Waals surface area contributed by atoms with Crippen LogP contribution in [-0.2, 0) is 11.8 Å². The lowest BCUT2D eigenvalue weighted by Gasteiger charge is -2.30. The smallest absolute Gasteiger partial charge is 0.263 e. The summed E-state index contributed by atoms with van der Waals surface area (Å²) in [6.45, 7) is 2.92. The number of hydrogen-bond acceptors (Lipinski definition) is 5. The van der Waals surface area contributed by atoms with Gasteiger partial charge in [-0.05, 0) is 25.7 Å². The number of aryl methyl sites for hydroxylation is 1. The third-order valence-corrected chi connectivity index (χ3v) is 4.03. The Morgan fingerprint density at radius 1 is 1.57 bits per heavy atom. The molecule has 1 saturated heterocycles. The topological polar surface area (TPSA) is 84.8 Å². The molecule has 0 amide bonds. The van der Waals surface area contributed by atoms with Crippen LogP contribution in [0.2, 0.25) is 0 Å². The van der Waals surface area contributed by atoms with Crippen LogP contribution in [0.25, 0.3) is 11.0 Å². The molecule has 2 aromatic rings. The highest BCUT2D eigenvalue weighted by atomic mass is 16.5. The number of fused-ring (bicyclic) bond motifs is 1. The molecule has 0 saturated carbocycles. The van der Waals surface area contributed by atoms with Gasteiger partial charge in [0.25, 0.3) is 5.56 Å². The van der Waals surface area contributed by atoms with Gasteiger partial charge in [-0.25, -0.2) is 0 Å². The minimum atomic E-state index is -0.171. The molecule has 7 heteroatoms. The fourth-order valence-electron chi connectivity index (χ4n) is 2.82. The molecule has 0 aromatic carbocycles. The first-order chi connectivity index (χ1) is 10.2. The van der Waals surface area contributed by atoms with Crippen LogP contribution in [0.3, 0.4) is 0 Å². The number of nitrogens with one attached hydrogen (secondary N) is 2. The average Bonchev–Trinajstić information content (AvgIpc) is 2.88. The molecule has 1 fully saturated rings. The lowest BCUT2D eigenvalue weighted by Crippen LogP contribution is -2.38. The molecule has 114 valence electrons. The largest absolute Gasteiger partial charge is 0.376 e. The number of H-pyrrole nitrogens is 1. The zero-order valence-corrected chi connectivity index (χ0v) is 12.4. The standard InChI is InChI=1S/C14H21N5O2/c1-3-10(11-6-4-5-7-21-11)16-14-17-12-9(13(20)18-14)8-15-19(12)2/h8,10-11H,3-7H2,1-2H3,(H2,16,17,18,20). The van der Waals surface area contributed by atoms with Crippen molar-refractivity contribution in [2.75, 3.05) is 11.9 Å². The van der Waals surface area contributed by atoms with Crippen LogP contribution >= 0.6 is 0 Å². The number of aromatic amines is 1. The maximum absolute atomic E-state index is 12.0. The van der Waals surface area contributed by atoms with Crippen LogP contribution in [0.15, 0.2) is 11.0 Å². The first-order valence-corrected chi connectivity index (χ1v) is 7.49. The van der Waals surface area contributed by atoms with Crippen LogP contribution in [-0.4, -0.2) is 38.5 Å². The zero-order valence-electron chi connectivity index (χ0n) is 12.4.